The minimum atomic E-state index is -0.487. The molecule has 2 heterocycles. The van der Waals surface area contributed by atoms with Crippen molar-refractivity contribution < 1.29 is 9.59 Å². The fraction of sp³-hybridized carbons (Fsp3) is 0.118. The Bertz CT molecular complexity index is 855. The molecule has 1 fully saturated rings. The van der Waals surface area contributed by atoms with Crippen molar-refractivity contribution in [1.29, 1.82) is 0 Å². The van der Waals surface area contributed by atoms with E-state index in [0.717, 1.165) is 5.69 Å². The highest BCUT2D eigenvalue weighted by Gasteiger charge is 2.32. The van der Waals surface area contributed by atoms with Crippen molar-refractivity contribution in [1.82, 2.24) is 14.8 Å². The molecule has 1 aliphatic rings. The standard InChI is InChI=1S/C17H14ClN3O2S/c1-2-20-16(23)14(15(22)19-17(20)24)10-13-4-3-9-21(13)12-7-5-11(18)6-8-12/h3-10H,2H2,1H3,(H,19,22,24)/b14-10+. The molecule has 1 aromatic heterocycles. The molecule has 0 saturated carbocycles. The van der Waals surface area contributed by atoms with Crippen LogP contribution in [0, 0.1) is 0 Å². The Balaban J connectivity index is 2.01. The molecule has 24 heavy (non-hydrogen) atoms. The maximum absolute atomic E-state index is 12.5. The second-order valence-electron chi connectivity index (χ2n) is 5.15. The molecular formula is C17H14ClN3O2S. The van der Waals surface area contributed by atoms with Crippen LogP contribution < -0.4 is 5.32 Å². The van der Waals surface area contributed by atoms with Gasteiger partial charge >= 0.3 is 0 Å². The molecule has 1 aromatic carbocycles. The van der Waals surface area contributed by atoms with Crippen LogP contribution in [0.5, 0.6) is 0 Å². The molecule has 1 saturated heterocycles. The number of hydrogen-bond donors (Lipinski definition) is 1. The van der Waals surface area contributed by atoms with Gasteiger partial charge < -0.3 is 4.57 Å². The van der Waals surface area contributed by atoms with Gasteiger partial charge in [-0.1, -0.05) is 11.6 Å². The number of aromatic nitrogens is 1. The highest BCUT2D eigenvalue weighted by molar-refractivity contribution is 7.80. The van der Waals surface area contributed by atoms with Crippen LogP contribution >= 0.6 is 23.8 Å². The van der Waals surface area contributed by atoms with Gasteiger partial charge in [0.05, 0.1) is 0 Å². The number of hydrogen-bond acceptors (Lipinski definition) is 3. The Morgan fingerprint density at radius 2 is 1.92 bits per heavy atom. The molecule has 2 aromatic rings. The second kappa shape index (κ2) is 6.59. The van der Waals surface area contributed by atoms with Crippen molar-refractivity contribution in [2.24, 2.45) is 0 Å². The van der Waals surface area contributed by atoms with Gasteiger partial charge in [0.2, 0.25) is 0 Å². The van der Waals surface area contributed by atoms with Crippen LogP contribution in [0.3, 0.4) is 0 Å². The molecule has 0 aliphatic carbocycles. The Morgan fingerprint density at radius 1 is 1.21 bits per heavy atom. The Morgan fingerprint density at radius 3 is 2.58 bits per heavy atom. The zero-order valence-corrected chi connectivity index (χ0v) is 14.4. The lowest BCUT2D eigenvalue weighted by Crippen LogP contribution is -2.53. The van der Waals surface area contributed by atoms with Crippen LogP contribution in [0.4, 0.5) is 0 Å². The number of thiocarbonyl (C=S) groups is 1. The average molecular weight is 360 g/mol. The van der Waals surface area contributed by atoms with Gasteiger partial charge in [-0.2, -0.15) is 0 Å². The minimum Gasteiger partial charge on any atom is -0.317 e. The maximum atomic E-state index is 12.5. The van der Waals surface area contributed by atoms with Crippen LogP contribution in [0.15, 0.2) is 48.2 Å². The van der Waals surface area contributed by atoms with E-state index in [4.69, 9.17) is 23.8 Å². The summed E-state index contributed by atoms with van der Waals surface area (Å²) in [6.07, 6.45) is 3.42. The van der Waals surface area contributed by atoms with E-state index in [9.17, 15) is 9.59 Å². The monoisotopic (exact) mass is 359 g/mol. The predicted molar refractivity (Wildman–Crippen MR) is 96.9 cm³/mol. The average Bonchev–Trinajstić information content (AvgIpc) is 3.00. The smallest absolute Gasteiger partial charge is 0.265 e. The third-order valence-electron chi connectivity index (χ3n) is 3.68. The van der Waals surface area contributed by atoms with Crippen molar-refractivity contribution >= 4 is 46.8 Å². The van der Waals surface area contributed by atoms with Gasteiger partial charge in [0.15, 0.2) is 5.11 Å². The van der Waals surface area contributed by atoms with E-state index in [2.05, 4.69) is 5.32 Å². The number of nitrogens with one attached hydrogen (secondary N) is 1. The van der Waals surface area contributed by atoms with Crippen LogP contribution in [-0.4, -0.2) is 32.9 Å². The van der Waals surface area contributed by atoms with Crippen LogP contribution in [-0.2, 0) is 9.59 Å². The molecule has 2 amide bonds. The first-order valence-corrected chi connectivity index (χ1v) is 8.12. The van der Waals surface area contributed by atoms with Crippen molar-refractivity contribution in [2.75, 3.05) is 6.54 Å². The van der Waals surface area contributed by atoms with E-state index in [0.29, 0.717) is 17.3 Å². The summed E-state index contributed by atoms with van der Waals surface area (Å²) in [6, 6.07) is 11.0. The first kappa shape index (κ1) is 16.4. The number of rotatable bonds is 3. The van der Waals surface area contributed by atoms with E-state index >= 15 is 0 Å². The second-order valence-corrected chi connectivity index (χ2v) is 5.97. The molecular weight excluding hydrogens is 346 g/mol. The molecule has 0 atom stereocenters. The molecule has 122 valence electrons. The van der Waals surface area contributed by atoms with Crippen molar-refractivity contribution in [3.05, 3.63) is 58.9 Å². The molecule has 1 aliphatic heterocycles. The Kier molecular flexibility index (Phi) is 4.51. The SMILES string of the molecule is CCN1C(=O)/C(=C/c2cccn2-c2ccc(Cl)cc2)C(=O)NC1=S. The highest BCUT2D eigenvalue weighted by Crippen LogP contribution is 2.20. The quantitative estimate of drug-likeness (QED) is 0.521. The Labute approximate surface area is 149 Å². The number of carbonyl (C=O) groups is 2. The summed E-state index contributed by atoms with van der Waals surface area (Å²) in [4.78, 5) is 26.0. The third kappa shape index (κ3) is 2.98. The van der Waals surface area contributed by atoms with Gasteiger partial charge in [-0.15, -0.1) is 0 Å². The number of likely N-dealkylation sites (N-methyl/N-ethyl adjacent to an activating group) is 1. The number of halogens is 1. The predicted octanol–water partition coefficient (Wildman–Crippen LogP) is 2.78. The summed E-state index contributed by atoms with van der Waals surface area (Å²) in [5.74, 6) is -0.881. The van der Waals surface area contributed by atoms with Gasteiger partial charge in [-0.3, -0.25) is 19.8 Å². The van der Waals surface area contributed by atoms with Gasteiger partial charge in [0, 0.05) is 29.1 Å². The molecule has 0 bridgehead atoms. The normalized spacial score (nSPS) is 16.7. The first-order valence-electron chi connectivity index (χ1n) is 7.33. The van der Waals surface area contributed by atoms with Crippen LogP contribution in [0.1, 0.15) is 12.6 Å². The number of amides is 2. The van der Waals surface area contributed by atoms with Gasteiger partial charge in [0.1, 0.15) is 5.57 Å². The van der Waals surface area contributed by atoms with Gasteiger partial charge in [0.25, 0.3) is 11.8 Å². The largest absolute Gasteiger partial charge is 0.317 e. The van der Waals surface area contributed by atoms with Crippen LogP contribution in [0.25, 0.3) is 11.8 Å². The maximum Gasteiger partial charge on any atom is 0.265 e. The number of benzene rings is 1. The summed E-state index contributed by atoms with van der Waals surface area (Å²) >= 11 is 10.9. The van der Waals surface area contributed by atoms with Crippen molar-refractivity contribution in [3.8, 4) is 5.69 Å². The van der Waals surface area contributed by atoms with E-state index in [1.165, 1.54) is 4.90 Å². The van der Waals surface area contributed by atoms with E-state index in [-0.39, 0.29) is 10.7 Å². The molecule has 1 N–H and O–H groups in total. The lowest BCUT2D eigenvalue weighted by atomic mass is 10.1. The Hall–Kier alpha value is -2.44. The van der Waals surface area contributed by atoms with Crippen molar-refractivity contribution in [3.63, 3.8) is 0 Å². The fourth-order valence-corrected chi connectivity index (χ4v) is 2.91. The van der Waals surface area contributed by atoms with E-state index in [1.807, 2.05) is 35.0 Å². The van der Waals surface area contributed by atoms with Gasteiger partial charge in [-0.25, -0.2) is 0 Å². The van der Waals surface area contributed by atoms with Crippen molar-refractivity contribution in [2.45, 2.75) is 6.92 Å². The van der Waals surface area contributed by atoms with E-state index in [1.54, 1.807) is 25.1 Å². The van der Waals surface area contributed by atoms with Gasteiger partial charge in [-0.05, 0) is 61.6 Å². The molecule has 5 nitrogen and oxygen atoms in total. The lowest BCUT2D eigenvalue weighted by molar-refractivity contribution is -0.128. The summed E-state index contributed by atoms with van der Waals surface area (Å²) in [5.41, 5.74) is 1.64. The molecule has 0 spiro atoms. The van der Waals surface area contributed by atoms with Crippen LogP contribution in [0.2, 0.25) is 5.02 Å². The minimum absolute atomic E-state index is 0.0550. The molecule has 3 rings (SSSR count). The topological polar surface area (TPSA) is 54.3 Å². The third-order valence-corrected chi connectivity index (χ3v) is 4.25. The zero-order chi connectivity index (χ0) is 17.3. The number of carbonyl (C=O) groups excluding carboxylic acids is 2. The molecule has 7 heteroatoms. The number of nitrogens with zero attached hydrogens (tertiary/aromatic N) is 2. The summed E-state index contributed by atoms with van der Waals surface area (Å²) < 4.78 is 1.87. The summed E-state index contributed by atoms with van der Waals surface area (Å²) in [5, 5.41) is 3.32. The van der Waals surface area contributed by atoms with E-state index < -0.39 is 11.8 Å². The lowest BCUT2D eigenvalue weighted by Gasteiger charge is -2.27. The highest BCUT2D eigenvalue weighted by atomic mass is 35.5. The molecule has 0 unspecified atom stereocenters. The summed E-state index contributed by atoms with van der Waals surface area (Å²) in [6.45, 7) is 2.20. The summed E-state index contributed by atoms with van der Waals surface area (Å²) in [7, 11) is 0. The zero-order valence-electron chi connectivity index (χ0n) is 12.8. The molecule has 0 radical (unpaired) electrons. The first-order chi connectivity index (χ1) is 11.5. The fourth-order valence-electron chi connectivity index (χ4n) is 2.48.